The van der Waals surface area contributed by atoms with E-state index >= 15 is 0 Å². The van der Waals surface area contributed by atoms with Crippen molar-refractivity contribution in [2.75, 3.05) is 0 Å². The van der Waals surface area contributed by atoms with Crippen molar-refractivity contribution in [2.24, 2.45) is 7.05 Å². The van der Waals surface area contributed by atoms with Crippen molar-refractivity contribution in [3.05, 3.63) is 42.0 Å². The first kappa shape index (κ1) is 15.8. The summed E-state index contributed by atoms with van der Waals surface area (Å²) in [4.78, 5) is 0.188. The van der Waals surface area contributed by atoms with E-state index in [4.69, 9.17) is 0 Å². The zero-order chi connectivity index (χ0) is 15.5. The van der Waals surface area contributed by atoms with Crippen LogP contribution < -0.4 is 5.32 Å². The summed E-state index contributed by atoms with van der Waals surface area (Å²) >= 11 is -0.108. The number of thioether (sulfide) groups is 1. The summed E-state index contributed by atoms with van der Waals surface area (Å²) in [5.41, 5.74) is -3.34. The van der Waals surface area contributed by atoms with Crippen molar-refractivity contribution < 1.29 is 13.2 Å². The molecule has 2 aromatic rings. The van der Waals surface area contributed by atoms with Crippen LogP contribution in [0.2, 0.25) is 0 Å². The topological polar surface area (TPSA) is 42.7 Å². The highest BCUT2D eigenvalue weighted by molar-refractivity contribution is 8.00. The van der Waals surface area contributed by atoms with Crippen molar-refractivity contribution in [1.29, 1.82) is 0 Å². The molecule has 1 unspecified atom stereocenters. The molecule has 0 fully saturated rings. The molecule has 8 heteroatoms. The molecule has 1 aromatic carbocycles. The van der Waals surface area contributed by atoms with E-state index in [0.717, 1.165) is 11.4 Å². The Labute approximate surface area is 124 Å². The van der Waals surface area contributed by atoms with E-state index in [1.807, 2.05) is 18.5 Å². The summed E-state index contributed by atoms with van der Waals surface area (Å²) in [5.74, 6) is 0.805. The zero-order valence-corrected chi connectivity index (χ0v) is 12.4. The Balaban J connectivity index is 1.91. The Morgan fingerprint density at radius 1 is 1.29 bits per heavy atom. The van der Waals surface area contributed by atoms with Crippen molar-refractivity contribution >= 4 is 11.8 Å². The number of halogens is 3. The number of nitrogens with one attached hydrogen (secondary N) is 1. The number of alkyl halides is 3. The Bertz CT molecular complexity index is 580. The molecule has 114 valence electrons. The second-order valence-corrected chi connectivity index (χ2v) is 5.73. The summed E-state index contributed by atoms with van der Waals surface area (Å²) < 4.78 is 38.5. The van der Waals surface area contributed by atoms with E-state index in [2.05, 4.69) is 15.5 Å². The lowest BCUT2D eigenvalue weighted by atomic mass is 10.2. The Hall–Kier alpha value is -1.54. The highest BCUT2D eigenvalue weighted by Gasteiger charge is 2.28. The van der Waals surface area contributed by atoms with Crippen LogP contribution in [0.15, 0.2) is 35.5 Å². The van der Waals surface area contributed by atoms with Crippen LogP contribution in [0.3, 0.4) is 0 Å². The second-order valence-electron chi connectivity index (χ2n) is 4.59. The van der Waals surface area contributed by atoms with Gasteiger partial charge in [0.15, 0.2) is 0 Å². The van der Waals surface area contributed by atoms with Gasteiger partial charge in [0.2, 0.25) is 0 Å². The smallest absolute Gasteiger partial charge is 0.319 e. The van der Waals surface area contributed by atoms with E-state index in [1.54, 1.807) is 18.5 Å². The number of hydrogen-bond donors (Lipinski definition) is 1. The van der Waals surface area contributed by atoms with E-state index in [9.17, 15) is 13.2 Å². The predicted molar refractivity (Wildman–Crippen MR) is 74.6 cm³/mol. The highest BCUT2D eigenvalue weighted by atomic mass is 32.2. The molecule has 0 bridgehead atoms. The number of aryl methyl sites for hydroxylation is 1. The monoisotopic (exact) mass is 316 g/mol. The van der Waals surface area contributed by atoms with Gasteiger partial charge in [-0.2, -0.15) is 13.2 Å². The Kier molecular flexibility index (Phi) is 4.89. The average Bonchev–Trinajstić information content (AvgIpc) is 2.82. The van der Waals surface area contributed by atoms with Crippen LogP contribution >= 0.6 is 11.8 Å². The van der Waals surface area contributed by atoms with Crippen LogP contribution in [-0.4, -0.2) is 20.3 Å². The normalized spacial score (nSPS) is 13.4. The summed E-state index contributed by atoms with van der Waals surface area (Å²) in [6.45, 7) is 2.50. The molecule has 0 aliphatic carbocycles. The first-order chi connectivity index (χ1) is 9.85. The van der Waals surface area contributed by atoms with Gasteiger partial charge in [-0.15, -0.1) is 10.2 Å². The molecule has 0 amide bonds. The Morgan fingerprint density at radius 2 is 1.95 bits per heavy atom. The van der Waals surface area contributed by atoms with E-state index in [1.165, 1.54) is 12.1 Å². The molecule has 1 N–H and O–H groups in total. The van der Waals surface area contributed by atoms with Crippen LogP contribution in [-0.2, 0) is 13.6 Å². The molecule has 0 aliphatic rings. The van der Waals surface area contributed by atoms with Crippen molar-refractivity contribution in [3.8, 4) is 0 Å². The molecule has 0 saturated carbocycles. The van der Waals surface area contributed by atoms with Gasteiger partial charge in [-0.05, 0) is 36.4 Å². The lowest BCUT2D eigenvalue weighted by Crippen LogP contribution is -2.21. The van der Waals surface area contributed by atoms with E-state index in [-0.39, 0.29) is 22.7 Å². The van der Waals surface area contributed by atoms with Gasteiger partial charge >= 0.3 is 5.51 Å². The fourth-order valence-corrected chi connectivity index (χ4v) is 2.39. The molecule has 0 aliphatic heterocycles. The van der Waals surface area contributed by atoms with Crippen molar-refractivity contribution in [1.82, 2.24) is 20.1 Å². The summed E-state index contributed by atoms with van der Waals surface area (Å²) in [5, 5.41) is 11.1. The molecular weight excluding hydrogens is 301 g/mol. The SMILES string of the molecule is CC(NCc1ccc(SC(F)(F)F)cc1)c1nncn1C. The largest absolute Gasteiger partial charge is 0.446 e. The second kappa shape index (κ2) is 6.48. The molecular formula is C13H15F3N4S. The third kappa shape index (κ3) is 4.75. The Morgan fingerprint density at radius 3 is 2.48 bits per heavy atom. The maximum atomic E-state index is 12.2. The minimum atomic E-state index is -4.25. The number of benzene rings is 1. The number of rotatable bonds is 5. The van der Waals surface area contributed by atoms with Gasteiger partial charge in [-0.25, -0.2) is 0 Å². The van der Waals surface area contributed by atoms with Gasteiger partial charge in [0.25, 0.3) is 0 Å². The zero-order valence-electron chi connectivity index (χ0n) is 11.6. The maximum Gasteiger partial charge on any atom is 0.446 e. The molecule has 0 spiro atoms. The van der Waals surface area contributed by atoms with Crippen molar-refractivity contribution in [3.63, 3.8) is 0 Å². The predicted octanol–water partition coefficient (Wildman–Crippen LogP) is 3.28. The van der Waals surface area contributed by atoms with Gasteiger partial charge in [0.05, 0.1) is 6.04 Å². The summed E-state index contributed by atoms with van der Waals surface area (Å²) in [7, 11) is 1.86. The summed E-state index contributed by atoms with van der Waals surface area (Å²) in [6, 6.07) is 6.32. The van der Waals surface area contributed by atoms with Gasteiger partial charge in [-0.3, -0.25) is 0 Å². The highest BCUT2D eigenvalue weighted by Crippen LogP contribution is 2.36. The molecule has 2 rings (SSSR count). The fourth-order valence-electron chi connectivity index (χ4n) is 1.86. The van der Waals surface area contributed by atoms with E-state index in [0.29, 0.717) is 6.54 Å². The lowest BCUT2D eigenvalue weighted by molar-refractivity contribution is -0.0328. The summed E-state index contributed by atoms with van der Waals surface area (Å²) in [6.07, 6.45) is 1.62. The van der Waals surface area contributed by atoms with Crippen molar-refractivity contribution in [2.45, 2.75) is 29.9 Å². The van der Waals surface area contributed by atoms with Crippen LogP contribution in [0.1, 0.15) is 24.4 Å². The minimum Gasteiger partial charge on any atom is -0.319 e. The van der Waals surface area contributed by atoms with Crippen LogP contribution in [0, 0.1) is 0 Å². The average molecular weight is 316 g/mol. The molecule has 1 aromatic heterocycles. The van der Waals surface area contributed by atoms with Crippen LogP contribution in [0.25, 0.3) is 0 Å². The van der Waals surface area contributed by atoms with Gasteiger partial charge in [0, 0.05) is 18.5 Å². The first-order valence-electron chi connectivity index (χ1n) is 6.27. The molecule has 1 atom stereocenters. The van der Waals surface area contributed by atoms with Gasteiger partial charge < -0.3 is 9.88 Å². The number of hydrogen-bond acceptors (Lipinski definition) is 4. The van der Waals surface area contributed by atoms with Crippen LogP contribution in [0.5, 0.6) is 0 Å². The molecule has 0 radical (unpaired) electrons. The van der Waals surface area contributed by atoms with E-state index < -0.39 is 5.51 Å². The third-order valence-corrected chi connectivity index (χ3v) is 3.64. The standard InChI is InChI=1S/C13H15F3N4S/c1-9(12-19-18-8-20(12)2)17-7-10-3-5-11(6-4-10)21-13(14,15)16/h3-6,8-9,17H,7H2,1-2H3. The fraction of sp³-hybridized carbons (Fsp3) is 0.385. The maximum absolute atomic E-state index is 12.2. The molecule has 4 nitrogen and oxygen atoms in total. The quantitative estimate of drug-likeness (QED) is 0.860. The third-order valence-electron chi connectivity index (χ3n) is 2.90. The van der Waals surface area contributed by atoms with Gasteiger partial charge in [-0.1, -0.05) is 12.1 Å². The molecule has 0 saturated heterocycles. The minimum absolute atomic E-state index is 0.00160. The van der Waals surface area contributed by atoms with Crippen LogP contribution in [0.4, 0.5) is 13.2 Å². The van der Waals surface area contributed by atoms with Gasteiger partial charge in [0.1, 0.15) is 12.2 Å². The molecule has 1 heterocycles. The molecule has 21 heavy (non-hydrogen) atoms. The number of nitrogens with zero attached hydrogens (tertiary/aromatic N) is 3. The lowest BCUT2D eigenvalue weighted by Gasteiger charge is -2.13. The number of aromatic nitrogens is 3. The first-order valence-corrected chi connectivity index (χ1v) is 7.09.